The molecule has 2 heteroatoms. The minimum absolute atomic E-state index is 0.0805. The summed E-state index contributed by atoms with van der Waals surface area (Å²) in [6.45, 7) is 22.4. The van der Waals surface area contributed by atoms with Gasteiger partial charge < -0.3 is 5.11 Å². The van der Waals surface area contributed by atoms with Crippen molar-refractivity contribution < 1.29 is 9.90 Å². The van der Waals surface area contributed by atoms with Crippen LogP contribution in [0, 0.1) is 0 Å². The van der Waals surface area contributed by atoms with Gasteiger partial charge in [-0.05, 0) is 102 Å². The minimum Gasteiger partial charge on any atom is -0.508 e. The van der Waals surface area contributed by atoms with Gasteiger partial charge in [-0.15, -0.1) is 0 Å². The number of allylic oxidation sites excluding steroid dienone is 1. The van der Waals surface area contributed by atoms with Crippen molar-refractivity contribution in [2.24, 2.45) is 0 Å². The summed E-state index contributed by atoms with van der Waals surface area (Å²) >= 11 is 0. The van der Waals surface area contributed by atoms with E-state index >= 15 is 0 Å². The molecule has 0 fully saturated rings. The molecule has 5 atom stereocenters. The number of hydrogen-bond acceptors (Lipinski definition) is 2. The first-order valence-electron chi connectivity index (χ1n) is 17.3. The van der Waals surface area contributed by atoms with Crippen molar-refractivity contribution in [3.63, 3.8) is 0 Å². The Morgan fingerprint density at radius 2 is 1.12 bits per heavy atom. The predicted octanol–water partition coefficient (Wildman–Crippen LogP) is 12.8. The molecule has 0 spiro atoms. The van der Waals surface area contributed by atoms with Crippen LogP contribution in [0.2, 0.25) is 0 Å². The number of aromatic hydroxyl groups is 1. The van der Waals surface area contributed by atoms with Crippen LogP contribution >= 0.6 is 0 Å². The van der Waals surface area contributed by atoms with Gasteiger partial charge in [0.2, 0.25) is 0 Å². The quantitative estimate of drug-likeness (QED) is 0.142. The lowest BCUT2D eigenvalue weighted by Gasteiger charge is -2.28. The molecule has 0 saturated carbocycles. The lowest BCUT2D eigenvalue weighted by Crippen LogP contribution is -2.15. The maximum absolute atomic E-state index is 14.5. The Balaban J connectivity index is 2.81. The highest BCUT2D eigenvalue weighted by Crippen LogP contribution is 2.44. The Hall–Kier alpha value is -2.35. The second kappa shape index (κ2) is 17.7. The zero-order chi connectivity index (χ0) is 31.4. The molecule has 5 unspecified atom stereocenters. The van der Waals surface area contributed by atoms with Crippen molar-refractivity contribution in [3.05, 3.63) is 69.3 Å². The van der Waals surface area contributed by atoms with Gasteiger partial charge in [-0.1, -0.05) is 126 Å². The van der Waals surface area contributed by atoms with Crippen molar-refractivity contribution in [2.45, 2.75) is 163 Å². The van der Waals surface area contributed by atoms with E-state index in [-0.39, 0.29) is 23.5 Å². The molecule has 2 nitrogen and oxygen atoms in total. The Labute approximate surface area is 259 Å². The van der Waals surface area contributed by atoms with Crippen LogP contribution in [0.1, 0.15) is 207 Å². The van der Waals surface area contributed by atoms with E-state index in [2.05, 4.69) is 93.5 Å². The largest absolute Gasteiger partial charge is 0.508 e. The molecule has 2 aromatic rings. The topological polar surface area (TPSA) is 37.3 Å². The maximum Gasteiger partial charge on any atom is 0.186 e. The van der Waals surface area contributed by atoms with Crippen LogP contribution in [0.25, 0.3) is 6.08 Å². The fourth-order valence-corrected chi connectivity index (χ4v) is 7.09. The van der Waals surface area contributed by atoms with Crippen LogP contribution in [0.15, 0.2) is 30.3 Å². The summed E-state index contributed by atoms with van der Waals surface area (Å²) in [4.78, 5) is 14.5. The fourth-order valence-electron chi connectivity index (χ4n) is 7.09. The van der Waals surface area contributed by atoms with E-state index in [0.29, 0.717) is 17.6 Å². The number of ketones is 1. The lowest BCUT2D eigenvalue weighted by molar-refractivity contribution is 0.104. The van der Waals surface area contributed by atoms with E-state index < -0.39 is 0 Å². The summed E-state index contributed by atoms with van der Waals surface area (Å²) in [5.74, 6) is 2.00. The SMILES string of the molecule is CCCC(C)c1ccc(C(C)CCC)c(/C=C\C(=O)c2c(C(C)CCC)cc(O)c(C(C)CCC)c2C(C)CCC)c1. The Morgan fingerprint density at radius 1 is 0.643 bits per heavy atom. The Morgan fingerprint density at radius 3 is 1.67 bits per heavy atom. The van der Waals surface area contributed by atoms with Gasteiger partial charge in [-0.25, -0.2) is 0 Å². The summed E-state index contributed by atoms with van der Waals surface area (Å²) in [6.07, 6.45) is 14.6. The van der Waals surface area contributed by atoms with Crippen LogP contribution in [0.4, 0.5) is 0 Å². The third-order valence-corrected chi connectivity index (χ3v) is 9.41. The van der Waals surface area contributed by atoms with Gasteiger partial charge in [0.05, 0.1) is 0 Å². The third-order valence-electron chi connectivity index (χ3n) is 9.41. The van der Waals surface area contributed by atoms with Crippen molar-refractivity contribution in [1.29, 1.82) is 0 Å². The number of carbonyl (C=O) groups is 1. The molecule has 0 radical (unpaired) electrons. The van der Waals surface area contributed by atoms with Crippen molar-refractivity contribution in [2.75, 3.05) is 0 Å². The second-order valence-electron chi connectivity index (χ2n) is 13.2. The average molecular weight is 575 g/mol. The number of benzene rings is 2. The molecule has 0 aliphatic rings. The number of rotatable bonds is 18. The zero-order valence-corrected chi connectivity index (χ0v) is 28.8. The molecule has 42 heavy (non-hydrogen) atoms. The first-order chi connectivity index (χ1) is 20.1. The monoisotopic (exact) mass is 574 g/mol. The summed E-state index contributed by atoms with van der Waals surface area (Å²) in [7, 11) is 0. The van der Waals surface area contributed by atoms with Gasteiger partial charge in [0, 0.05) is 11.1 Å². The normalized spacial score (nSPS) is 15.5. The van der Waals surface area contributed by atoms with Gasteiger partial charge in [0.1, 0.15) is 5.75 Å². The molecule has 1 N–H and O–H groups in total. The van der Waals surface area contributed by atoms with E-state index in [1.165, 1.54) is 16.7 Å². The van der Waals surface area contributed by atoms with E-state index in [9.17, 15) is 9.90 Å². The molecule has 0 heterocycles. The molecule has 0 aliphatic heterocycles. The van der Waals surface area contributed by atoms with E-state index in [1.54, 1.807) is 0 Å². The van der Waals surface area contributed by atoms with Crippen molar-refractivity contribution in [3.8, 4) is 5.75 Å². The molecular weight excluding hydrogens is 512 g/mol. The Kier molecular flexibility index (Phi) is 15.1. The van der Waals surface area contributed by atoms with Gasteiger partial charge in [-0.2, -0.15) is 0 Å². The highest BCUT2D eigenvalue weighted by Gasteiger charge is 2.29. The zero-order valence-electron chi connectivity index (χ0n) is 28.8. The number of phenols is 1. The summed E-state index contributed by atoms with van der Waals surface area (Å²) in [5, 5.41) is 11.5. The van der Waals surface area contributed by atoms with Gasteiger partial charge in [0.15, 0.2) is 5.78 Å². The second-order valence-corrected chi connectivity index (χ2v) is 13.2. The van der Waals surface area contributed by atoms with Crippen LogP contribution in [0.3, 0.4) is 0 Å². The number of carbonyl (C=O) groups excluding carboxylic acids is 1. The molecule has 0 bridgehead atoms. The number of hydrogen-bond donors (Lipinski definition) is 1. The fraction of sp³-hybridized carbons (Fsp3) is 0.625. The van der Waals surface area contributed by atoms with Crippen LogP contribution < -0.4 is 0 Å². The van der Waals surface area contributed by atoms with Crippen LogP contribution in [0.5, 0.6) is 5.75 Å². The van der Waals surface area contributed by atoms with Gasteiger partial charge in [0.25, 0.3) is 0 Å². The first kappa shape index (κ1) is 35.8. The molecule has 0 amide bonds. The highest BCUT2D eigenvalue weighted by atomic mass is 16.3. The molecular formula is C40H62O2. The Bertz CT molecular complexity index is 1160. The number of phenolic OH excluding ortho intramolecular Hbond substituents is 1. The smallest absolute Gasteiger partial charge is 0.186 e. The maximum atomic E-state index is 14.5. The van der Waals surface area contributed by atoms with Crippen LogP contribution in [-0.2, 0) is 0 Å². The van der Waals surface area contributed by atoms with Crippen LogP contribution in [-0.4, -0.2) is 10.9 Å². The van der Waals surface area contributed by atoms with Gasteiger partial charge in [-0.3, -0.25) is 4.79 Å². The van der Waals surface area contributed by atoms with E-state index in [4.69, 9.17) is 0 Å². The first-order valence-corrected chi connectivity index (χ1v) is 17.3. The molecule has 0 saturated heterocycles. The van der Waals surface area contributed by atoms with E-state index in [1.807, 2.05) is 12.1 Å². The molecule has 0 aliphatic carbocycles. The summed E-state index contributed by atoms with van der Waals surface area (Å²) < 4.78 is 0. The van der Waals surface area contributed by atoms with Gasteiger partial charge >= 0.3 is 0 Å². The standard InChI is InChI=1S/C40H62O2/c1-11-16-27(6)32-21-23-34(28(7)17-12-2)33(25-32)22-24-36(41)40-35(29(8)18-13-3)26-37(42)38(30(9)19-14-4)39(40)31(10)20-15-5/h21-31,42H,11-20H2,1-10H3/b24-22-. The summed E-state index contributed by atoms with van der Waals surface area (Å²) in [6, 6.07) is 8.88. The van der Waals surface area contributed by atoms with Crippen molar-refractivity contribution >= 4 is 11.9 Å². The molecule has 2 rings (SSSR count). The lowest BCUT2D eigenvalue weighted by atomic mass is 9.76. The highest BCUT2D eigenvalue weighted by molar-refractivity contribution is 6.09. The third kappa shape index (κ3) is 9.08. The minimum atomic E-state index is 0.0805. The average Bonchev–Trinajstić information content (AvgIpc) is 2.95. The summed E-state index contributed by atoms with van der Waals surface area (Å²) in [5.41, 5.74) is 7.81. The molecule has 234 valence electrons. The van der Waals surface area contributed by atoms with E-state index in [0.717, 1.165) is 86.5 Å². The molecule has 2 aromatic carbocycles. The molecule has 0 aromatic heterocycles. The van der Waals surface area contributed by atoms with Crippen molar-refractivity contribution in [1.82, 2.24) is 0 Å². The predicted molar refractivity (Wildman–Crippen MR) is 185 cm³/mol.